The van der Waals surface area contributed by atoms with Crippen LogP contribution in [0.5, 0.6) is 17.4 Å². The first-order chi connectivity index (χ1) is 10.2. The summed E-state index contributed by atoms with van der Waals surface area (Å²) in [5, 5.41) is 0.317. The second-order valence-corrected chi connectivity index (χ2v) is 4.74. The minimum absolute atomic E-state index is 0.252. The van der Waals surface area contributed by atoms with E-state index in [4.69, 9.17) is 30.5 Å². The number of ether oxygens (including phenoxy) is 4. The summed E-state index contributed by atoms with van der Waals surface area (Å²) in [5.41, 5.74) is 0.947. The van der Waals surface area contributed by atoms with E-state index in [0.29, 0.717) is 23.5 Å². The Kier molecular flexibility index (Phi) is 4.08. The zero-order valence-corrected chi connectivity index (χ0v) is 12.1. The van der Waals surface area contributed by atoms with Crippen LogP contribution in [0.25, 0.3) is 0 Å². The topological polar surface area (TPSA) is 62.7 Å². The molecule has 1 aliphatic rings. The van der Waals surface area contributed by atoms with Crippen molar-refractivity contribution in [3.8, 4) is 17.4 Å². The van der Waals surface area contributed by atoms with E-state index in [0.717, 1.165) is 17.1 Å². The maximum Gasteiger partial charge on any atom is 0.231 e. The first-order valence-electron chi connectivity index (χ1n) is 6.28. The Morgan fingerprint density at radius 1 is 1.14 bits per heavy atom. The molecule has 0 atom stereocenters. The Bertz CT molecular complexity index is 651. The summed E-state index contributed by atoms with van der Waals surface area (Å²) in [7, 11) is 1.57. The van der Waals surface area contributed by atoms with Crippen molar-refractivity contribution in [3.63, 3.8) is 0 Å². The first-order valence-corrected chi connectivity index (χ1v) is 6.66. The van der Waals surface area contributed by atoms with Crippen molar-refractivity contribution in [2.75, 3.05) is 13.9 Å². The normalized spacial score (nSPS) is 12.5. The molecular formula is C14H13ClN2O4. The number of fused-ring (bicyclic) bond motifs is 1. The van der Waals surface area contributed by atoms with Crippen molar-refractivity contribution >= 4 is 11.6 Å². The highest BCUT2D eigenvalue weighted by Gasteiger charge is 2.13. The molecule has 110 valence electrons. The summed E-state index contributed by atoms with van der Waals surface area (Å²) in [6, 6.07) is 7.20. The number of halogens is 1. The van der Waals surface area contributed by atoms with Crippen LogP contribution in [0.2, 0.25) is 5.15 Å². The van der Waals surface area contributed by atoms with Crippen LogP contribution in [-0.4, -0.2) is 23.9 Å². The number of hydrogen-bond donors (Lipinski definition) is 0. The van der Waals surface area contributed by atoms with E-state index in [1.165, 1.54) is 0 Å². The maximum absolute atomic E-state index is 5.92. The third-order valence-corrected chi connectivity index (χ3v) is 3.01. The fourth-order valence-corrected chi connectivity index (χ4v) is 2.09. The standard InChI is InChI=1S/C14H13ClN2O4/c1-18-7-13-16-12(15)5-14(17-13)19-6-9-2-3-10-11(4-9)21-8-20-10/h2-5H,6-8H2,1H3. The second-order valence-electron chi connectivity index (χ2n) is 4.35. The maximum atomic E-state index is 5.92. The molecule has 2 aromatic rings. The molecule has 0 saturated heterocycles. The first kappa shape index (κ1) is 13.9. The molecule has 1 aliphatic heterocycles. The van der Waals surface area contributed by atoms with Gasteiger partial charge < -0.3 is 18.9 Å². The Labute approximate surface area is 126 Å². The van der Waals surface area contributed by atoms with E-state index in [1.54, 1.807) is 13.2 Å². The largest absolute Gasteiger partial charge is 0.473 e. The lowest BCUT2D eigenvalue weighted by Crippen LogP contribution is -2.02. The average Bonchev–Trinajstić information content (AvgIpc) is 2.92. The predicted octanol–water partition coefficient (Wildman–Crippen LogP) is 2.58. The van der Waals surface area contributed by atoms with Crippen molar-refractivity contribution in [1.29, 1.82) is 0 Å². The lowest BCUT2D eigenvalue weighted by molar-refractivity contribution is 0.173. The zero-order chi connectivity index (χ0) is 14.7. The number of rotatable bonds is 5. The molecule has 0 spiro atoms. The van der Waals surface area contributed by atoms with Crippen LogP contribution in [0.4, 0.5) is 0 Å². The number of aromatic nitrogens is 2. The van der Waals surface area contributed by atoms with E-state index in [9.17, 15) is 0 Å². The molecule has 7 heteroatoms. The van der Waals surface area contributed by atoms with Gasteiger partial charge in [0.25, 0.3) is 0 Å². The molecule has 0 radical (unpaired) electrons. The quantitative estimate of drug-likeness (QED) is 0.791. The monoisotopic (exact) mass is 308 g/mol. The third kappa shape index (κ3) is 3.34. The van der Waals surface area contributed by atoms with E-state index < -0.39 is 0 Å². The van der Waals surface area contributed by atoms with Crippen LogP contribution in [-0.2, 0) is 18.0 Å². The number of benzene rings is 1. The summed E-state index contributed by atoms with van der Waals surface area (Å²) in [6.45, 7) is 0.874. The van der Waals surface area contributed by atoms with Crippen LogP contribution < -0.4 is 14.2 Å². The molecular weight excluding hydrogens is 296 g/mol. The molecule has 1 aromatic heterocycles. The molecule has 0 N–H and O–H groups in total. The lowest BCUT2D eigenvalue weighted by atomic mass is 10.2. The number of hydrogen-bond acceptors (Lipinski definition) is 6. The van der Waals surface area contributed by atoms with E-state index in [2.05, 4.69) is 9.97 Å². The van der Waals surface area contributed by atoms with Crippen LogP contribution in [0.1, 0.15) is 11.4 Å². The van der Waals surface area contributed by atoms with Crippen molar-refractivity contribution in [1.82, 2.24) is 9.97 Å². The fourth-order valence-electron chi connectivity index (χ4n) is 1.90. The van der Waals surface area contributed by atoms with Gasteiger partial charge in [0, 0.05) is 13.2 Å². The number of nitrogens with zero attached hydrogens (tertiary/aromatic N) is 2. The molecule has 1 aromatic carbocycles. The van der Waals surface area contributed by atoms with Gasteiger partial charge in [-0.3, -0.25) is 0 Å². The van der Waals surface area contributed by atoms with Crippen LogP contribution in [0, 0.1) is 0 Å². The molecule has 0 fully saturated rings. The highest BCUT2D eigenvalue weighted by Crippen LogP contribution is 2.32. The number of methoxy groups -OCH3 is 1. The van der Waals surface area contributed by atoms with Crippen molar-refractivity contribution in [2.45, 2.75) is 13.2 Å². The summed E-state index contributed by atoms with van der Waals surface area (Å²) in [6.07, 6.45) is 0. The average molecular weight is 309 g/mol. The summed E-state index contributed by atoms with van der Waals surface area (Å²) < 4.78 is 21.2. The molecule has 21 heavy (non-hydrogen) atoms. The van der Waals surface area contributed by atoms with E-state index >= 15 is 0 Å². The van der Waals surface area contributed by atoms with Crippen LogP contribution in [0.3, 0.4) is 0 Å². The van der Waals surface area contributed by atoms with E-state index in [-0.39, 0.29) is 13.4 Å². The Balaban J connectivity index is 1.69. The van der Waals surface area contributed by atoms with Gasteiger partial charge in [-0.05, 0) is 17.7 Å². The van der Waals surface area contributed by atoms with Gasteiger partial charge in [-0.2, -0.15) is 4.98 Å². The van der Waals surface area contributed by atoms with Gasteiger partial charge in [-0.25, -0.2) is 4.98 Å². The minimum atomic E-state index is 0.252. The van der Waals surface area contributed by atoms with Gasteiger partial charge in [0.15, 0.2) is 17.3 Å². The Morgan fingerprint density at radius 3 is 2.86 bits per heavy atom. The van der Waals surface area contributed by atoms with Gasteiger partial charge in [0.05, 0.1) is 0 Å². The van der Waals surface area contributed by atoms with Crippen LogP contribution in [0.15, 0.2) is 24.3 Å². The Hall–Kier alpha value is -2.05. The van der Waals surface area contributed by atoms with Crippen molar-refractivity contribution in [2.24, 2.45) is 0 Å². The molecule has 0 amide bonds. The third-order valence-electron chi connectivity index (χ3n) is 2.81. The minimum Gasteiger partial charge on any atom is -0.473 e. The van der Waals surface area contributed by atoms with Gasteiger partial charge in [0.2, 0.25) is 12.7 Å². The summed E-state index contributed by atoms with van der Waals surface area (Å²) in [5.74, 6) is 2.34. The van der Waals surface area contributed by atoms with Crippen molar-refractivity contribution in [3.05, 3.63) is 40.8 Å². The molecule has 2 heterocycles. The molecule has 6 nitrogen and oxygen atoms in total. The highest BCUT2D eigenvalue weighted by molar-refractivity contribution is 6.29. The van der Waals surface area contributed by atoms with Crippen LogP contribution >= 0.6 is 11.6 Å². The molecule has 0 unspecified atom stereocenters. The SMILES string of the molecule is COCc1nc(Cl)cc(OCc2ccc3c(c2)OCO3)n1. The van der Waals surface area contributed by atoms with Gasteiger partial charge >= 0.3 is 0 Å². The lowest BCUT2D eigenvalue weighted by Gasteiger charge is -2.08. The van der Waals surface area contributed by atoms with Gasteiger partial charge in [-0.15, -0.1) is 0 Å². The molecule has 0 saturated carbocycles. The zero-order valence-electron chi connectivity index (χ0n) is 11.3. The Morgan fingerprint density at radius 2 is 2.00 bits per heavy atom. The van der Waals surface area contributed by atoms with Crippen molar-refractivity contribution < 1.29 is 18.9 Å². The molecule has 3 rings (SSSR count). The fraction of sp³-hybridized carbons (Fsp3) is 0.286. The smallest absolute Gasteiger partial charge is 0.231 e. The highest BCUT2D eigenvalue weighted by atomic mass is 35.5. The molecule has 0 aliphatic carbocycles. The summed E-state index contributed by atoms with van der Waals surface area (Å²) in [4.78, 5) is 8.25. The molecule has 0 bridgehead atoms. The predicted molar refractivity (Wildman–Crippen MR) is 74.7 cm³/mol. The van der Waals surface area contributed by atoms with Gasteiger partial charge in [-0.1, -0.05) is 17.7 Å². The second kappa shape index (κ2) is 6.15. The van der Waals surface area contributed by atoms with Gasteiger partial charge in [0.1, 0.15) is 18.4 Å². The van der Waals surface area contributed by atoms with E-state index in [1.807, 2.05) is 18.2 Å². The summed E-state index contributed by atoms with van der Waals surface area (Å²) >= 11 is 5.92.